The van der Waals surface area contributed by atoms with Crippen LogP contribution in [0.1, 0.15) is 24.1 Å². The number of benzene rings is 2. The van der Waals surface area contributed by atoms with Crippen molar-refractivity contribution in [3.8, 4) is 5.75 Å². The van der Waals surface area contributed by atoms with E-state index < -0.39 is 0 Å². The zero-order valence-electron chi connectivity index (χ0n) is 10.7. The Morgan fingerprint density at radius 3 is 2.63 bits per heavy atom. The summed E-state index contributed by atoms with van der Waals surface area (Å²) in [4.78, 5) is 0. The van der Waals surface area contributed by atoms with Crippen LogP contribution in [0.15, 0.2) is 40.9 Å². The number of anilines is 1. The van der Waals surface area contributed by atoms with Crippen molar-refractivity contribution >= 4 is 33.2 Å². The van der Waals surface area contributed by atoms with E-state index in [1.807, 2.05) is 44.2 Å². The summed E-state index contributed by atoms with van der Waals surface area (Å²) in [6.45, 7) is 4.02. The molecule has 0 aliphatic carbocycles. The van der Waals surface area contributed by atoms with Crippen molar-refractivity contribution in [1.82, 2.24) is 0 Å². The quantitative estimate of drug-likeness (QED) is 0.795. The van der Waals surface area contributed by atoms with Crippen molar-refractivity contribution in [1.29, 1.82) is 0 Å². The number of rotatable bonds is 3. The molecule has 2 aromatic rings. The molecule has 100 valence electrons. The average molecular weight is 341 g/mol. The molecule has 0 bridgehead atoms. The van der Waals surface area contributed by atoms with Gasteiger partial charge in [-0.3, -0.25) is 0 Å². The van der Waals surface area contributed by atoms with Crippen LogP contribution in [0.5, 0.6) is 5.75 Å². The minimum Gasteiger partial charge on any atom is -0.508 e. The second kappa shape index (κ2) is 5.85. The first kappa shape index (κ1) is 14.2. The predicted molar refractivity (Wildman–Crippen MR) is 84.0 cm³/mol. The molecule has 0 aliphatic heterocycles. The van der Waals surface area contributed by atoms with E-state index in [4.69, 9.17) is 11.6 Å². The third-order valence-electron chi connectivity index (χ3n) is 2.95. The number of hydrogen-bond donors (Lipinski definition) is 2. The first-order valence-corrected chi connectivity index (χ1v) is 7.15. The predicted octanol–water partition coefficient (Wildman–Crippen LogP) is 5.29. The molecular formula is C15H15BrClNO. The van der Waals surface area contributed by atoms with Crippen LogP contribution >= 0.6 is 27.5 Å². The first-order valence-electron chi connectivity index (χ1n) is 5.98. The second-order valence-electron chi connectivity index (χ2n) is 4.56. The van der Waals surface area contributed by atoms with Gasteiger partial charge in [-0.1, -0.05) is 29.3 Å². The lowest BCUT2D eigenvalue weighted by Crippen LogP contribution is -2.07. The van der Waals surface area contributed by atoms with E-state index in [1.165, 1.54) is 0 Å². The fourth-order valence-corrected chi connectivity index (χ4v) is 2.43. The van der Waals surface area contributed by atoms with Crippen molar-refractivity contribution in [3.63, 3.8) is 0 Å². The highest BCUT2D eigenvalue weighted by molar-refractivity contribution is 9.10. The van der Waals surface area contributed by atoms with E-state index in [2.05, 4.69) is 21.2 Å². The van der Waals surface area contributed by atoms with Crippen LogP contribution in [0.25, 0.3) is 0 Å². The Morgan fingerprint density at radius 1 is 1.21 bits per heavy atom. The van der Waals surface area contributed by atoms with Crippen LogP contribution < -0.4 is 5.32 Å². The van der Waals surface area contributed by atoms with Crippen LogP contribution in [-0.4, -0.2) is 5.11 Å². The Hall–Kier alpha value is -1.19. The van der Waals surface area contributed by atoms with Gasteiger partial charge < -0.3 is 10.4 Å². The lowest BCUT2D eigenvalue weighted by Gasteiger charge is -2.18. The van der Waals surface area contributed by atoms with Gasteiger partial charge in [0, 0.05) is 15.7 Å². The van der Waals surface area contributed by atoms with Gasteiger partial charge in [-0.2, -0.15) is 0 Å². The maximum atomic E-state index is 9.91. The molecule has 2 nitrogen and oxygen atoms in total. The molecule has 2 rings (SSSR count). The Labute approximate surface area is 126 Å². The summed E-state index contributed by atoms with van der Waals surface area (Å²) in [6, 6.07) is 11.3. The van der Waals surface area contributed by atoms with Crippen LogP contribution in [0.4, 0.5) is 5.69 Å². The minimum absolute atomic E-state index is 0.00738. The van der Waals surface area contributed by atoms with Crippen molar-refractivity contribution in [2.75, 3.05) is 5.32 Å². The molecule has 0 saturated heterocycles. The van der Waals surface area contributed by atoms with E-state index in [9.17, 15) is 5.11 Å². The lowest BCUT2D eigenvalue weighted by atomic mass is 10.0. The monoisotopic (exact) mass is 339 g/mol. The van der Waals surface area contributed by atoms with Gasteiger partial charge in [0.25, 0.3) is 0 Å². The van der Waals surface area contributed by atoms with Gasteiger partial charge in [0.1, 0.15) is 5.75 Å². The summed E-state index contributed by atoms with van der Waals surface area (Å²) in [5.74, 6) is 0.304. The van der Waals surface area contributed by atoms with Crippen molar-refractivity contribution in [2.45, 2.75) is 19.9 Å². The van der Waals surface area contributed by atoms with Gasteiger partial charge in [-0.15, -0.1) is 0 Å². The number of aromatic hydroxyl groups is 1. The number of halogens is 2. The Balaban J connectivity index is 2.22. The van der Waals surface area contributed by atoms with Gasteiger partial charge in [-0.25, -0.2) is 0 Å². The summed E-state index contributed by atoms with van der Waals surface area (Å²) >= 11 is 9.36. The Kier molecular flexibility index (Phi) is 4.38. The smallest absolute Gasteiger partial charge is 0.120 e. The summed E-state index contributed by atoms with van der Waals surface area (Å²) in [6.07, 6.45) is 0. The first-order chi connectivity index (χ1) is 8.97. The van der Waals surface area contributed by atoms with Crippen LogP contribution in [-0.2, 0) is 0 Å². The molecule has 0 aliphatic rings. The van der Waals surface area contributed by atoms with Crippen LogP contribution in [0.3, 0.4) is 0 Å². The highest BCUT2D eigenvalue weighted by Gasteiger charge is 2.11. The molecule has 0 spiro atoms. The fraction of sp³-hybridized carbons (Fsp3) is 0.200. The summed E-state index contributed by atoms with van der Waals surface area (Å²) in [5.41, 5.74) is 2.95. The maximum absolute atomic E-state index is 9.91. The molecule has 0 heterocycles. The van der Waals surface area contributed by atoms with Gasteiger partial charge in [0.15, 0.2) is 0 Å². The minimum atomic E-state index is 0.00738. The second-order valence-corrected chi connectivity index (χ2v) is 5.82. The zero-order chi connectivity index (χ0) is 14.0. The van der Waals surface area contributed by atoms with Crippen LogP contribution in [0, 0.1) is 6.92 Å². The van der Waals surface area contributed by atoms with E-state index in [1.54, 1.807) is 6.07 Å². The number of aryl methyl sites for hydroxylation is 1. The molecule has 0 radical (unpaired) electrons. The van der Waals surface area contributed by atoms with Gasteiger partial charge >= 0.3 is 0 Å². The SMILES string of the molecule is Cc1ccc(O)c(C(C)Nc2ccc(Cl)c(Br)c2)c1. The summed E-state index contributed by atoms with van der Waals surface area (Å²) in [7, 11) is 0. The highest BCUT2D eigenvalue weighted by atomic mass is 79.9. The molecule has 1 unspecified atom stereocenters. The normalized spacial score (nSPS) is 12.2. The molecule has 2 aromatic carbocycles. The molecular weight excluding hydrogens is 326 g/mol. The molecule has 0 aromatic heterocycles. The van der Waals surface area contributed by atoms with E-state index in [0.29, 0.717) is 10.8 Å². The molecule has 0 saturated carbocycles. The van der Waals surface area contributed by atoms with Crippen LogP contribution in [0.2, 0.25) is 5.02 Å². The number of nitrogens with one attached hydrogen (secondary N) is 1. The topological polar surface area (TPSA) is 32.3 Å². The molecule has 1 atom stereocenters. The number of phenols is 1. The molecule has 4 heteroatoms. The Bertz CT molecular complexity index is 601. The number of phenolic OH excluding ortho intramolecular Hbond substituents is 1. The molecule has 0 amide bonds. The zero-order valence-corrected chi connectivity index (χ0v) is 13.1. The van der Waals surface area contributed by atoms with Crippen molar-refractivity contribution in [2.24, 2.45) is 0 Å². The Morgan fingerprint density at radius 2 is 1.95 bits per heavy atom. The van der Waals surface area contributed by atoms with E-state index in [0.717, 1.165) is 21.3 Å². The fourth-order valence-electron chi connectivity index (χ4n) is 1.93. The maximum Gasteiger partial charge on any atom is 0.120 e. The third-order valence-corrected chi connectivity index (χ3v) is 4.17. The van der Waals surface area contributed by atoms with Gasteiger partial charge in [-0.05, 0) is 54.0 Å². The molecule has 19 heavy (non-hydrogen) atoms. The lowest BCUT2D eigenvalue weighted by molar-refractivity contribution is 0.465. The van der Waals surface area contributed by atoms with Gasteiger partial charge in [0.2, 0.25) is 0 Å². The number of hydrogen-bond acceptors (Lipinski definition) is 2. The van der Waals surface area contributed by atoms with Crippen molar-refractivity contribution in [3.05, 3.63) is 57.0 Å². The highest BCUT2D eigenvalue weighted by Crippen LogP contribution is 2.30. The average Bonchev–Trinajstić information content (AvgIpc) is 2.36. The van der Waals surface area contributed by atoms with E-state index in [-0.39, 0.29) is 6.04 Å². The largest absolute Gasteiger partial charge is 0.508 e. The van der Waals surface area contributed by atoms with Crippen molar-refractivity contribution < 1.29 is 5.11 Å². The van der Waals surface area contributed by atoms with Gasteiger partial charge in [0.05, 0.1) is 11.1 Å². The summed E-state index contributed by atoms with van der Waals surface area (Å²) in [5, 5.41) is 13.9. The third kappa shape index (κ3) is 3.43. The molecule has 2 N–H and O–H groups in total. The standard InChI is InChI=1S/C15H15BrClNO/c1-9-3-6-15(19)12(7-9)10(2)18-11-4-5-14(17)13(16)8-11/h3-8,10,18-19H,1-2H3. The summed E-state index contributed by atoms with van der Waals surface area (Å²) < 4.78 is 0.847. The van der Waals surface area contributed by atoms with E-state index >= 15 is 0 Å². The molecule has 0 fully saturated rings.